The second kappa shape index (κ2) is 14.5. The van der Waals surface area contributed by atoms with E-state index < -0.39 is 17.5 Å². The van der Waals surface area contributed by atoms with Gasteiger partial charge in [-0.1, -0.05) is 17.7 Å². The van der Waals surface area contributed by atoms with Crippen molar-refractivity contribution in [2.24, 2.45) is 5.41 Å². The second-order valence-corrected chi connectivity index (χ2v) is 15.5. The molecule has 5 aromatic rings. The third kappa shape index (κ3) is 6.70. The first-order valence-electron chi connectivity index (χ1n) is 18.9. The number of carbonyl (C=O) groups is 3. The molecule has 4 aliphatic rings. The molecule has 0 bridgehead atoms. The molecule has 2 N–H and O–H groups in total. The van der Waals surface area contributed by atoms with E-state index in [1.165, 1.54) is 47.4 Å². The van der Waals surface area contributed by atoms with Crippen molar-refractivity contribution < 1.29 is 32.3 Å². The minimum absolute atomic E-state index is 0.0311. The second-order valence-electron chi connectivity index (χ2n) is 15.1. The molecule has 56 heavy (non-hydrogen) atoms. The van der Waals surface area contributed by atoms with Gasteiger partial charge in [-0.2, -0.15) is 0 Å². The lowest BCUT2D eigenvalue weighted by molar-refractivity contribution is -0.000525. The Bertz CT molecular complexity index is 2360. The Labute approximate surface area is 326 Å². The topological polar surface area (TPSA) is 117 Å². The van der Waals surface area contributed by atoms with Gasteiger partial charge in [0.1, 0.15) is 23.2 Å². The molecule has 9 rings (SSSR count). The summed E-state index contributed by atoms with van der Waals surface area (Å²) >= 11 is 6.10. The van der Waals surface area contributed by atoms with Crippen molar-refractivity contribution in [3.63, 3.8) is 0 Å². The normalized spacial score (nSPS) is 16.9. The van der Waals surface area contributed by atoms with Crippen molar-refractivity contribution in [2.75, 3.05) is 53.3 Å². The lowest BCUT2D eigenvalue weighted by Crippen LogP contribution is -2.59. The van der Waals surface area contributed by atoms with Crippen molar-refractivity contribution >= 4 is 52.2 Å². The van der Waals surface area contributed by atoms with Crippen molar-refractivity contribution in [3.8, 4) is 11.3 Å². The number of anilines is 4. The number of hydrogen-bond acceptors (Lipinski definition) is 7. The highest BCUT2D eigenvalue weighted by Crippen LogP contribution is 2.44. The van der Waals surface area contributed by atoms with E-state index in [9.17, 15) is 23.2 Å². The number of hydrogen-bond donors (Lipinski definition) is 2. The van der Waals surface area contributed by atoms with Crippen LogP contribution in [0.4, 0.5) is 31.7 Å². The molecule has 0 atom stereocenters. The summed E-state index contributed by atoms with van der Waals surface area (Å²) in [5.41, 5.74) is 4.93. The number of para-hydroxylation sites is 1. The van der Waals surface area contributed by atoms with Gasteiger partial charge in [0.2, 0.25) is 0 Å². The molecular formula is C43H38ClF2N5O5. The van der Waals surface area contributed by atoms with Crippen molar-refractivity contribution in [2.45, 2.75) is 44.9 Å². The predicted molar refractivity (Wildman–Crippen MR) is 209 cm³/mol. The molecule has 10 nitrogen and oxygen atoms in total. The number of ether oxygens (including phenoxy) is 1. The van der Waals surface area contributed by atoms with Gasteiger partial charge in [-0.3, -0.25) is 14.4 Å². The van der Waals surface area contributed by atoms with E-state index in [2.05, 4.69) is 15.5 Å². The number of furan rings is 1. The number of aryl methyl sites for hydroxylation is 2. The number of nitrogens with one attached hydrogen (secondary N) is 2. The van der Waals surface area contributed by atoms with Crippen molar-refractivity contribution in [1.29, 1.82) is 0 Å². The van der Waals surface area contributed by atoms with Gasteiger partial charge in [-0.15, -0.1) is 0 Å². The Morgan fingerprint density at radius 3 is 2.41 bits per heavy atom. The number of aromatic nitrogens is 1. The predicted octanol–water partition coefficient (Wildman–Crippen LogP) is 8.48. The summed E-state index contributed by atoms with van der Waals surface area (Å²) in [5.74, 6) is -1.67. The minimum Gasteiger partial charge on any atom is -0.451 e. The summed E-state index contributed by atoms with van der Waals surface area (Å²) in [7, 11) is 0. The van der Waals surface area contributed by atoms with Crippen LogP contribution in [0.25, 0.3) is 11.3 Å². The third-order valence-electron chi connectivity index (χ3n) is 11.4. The summed E-state index contributed by atoms with van der Waals surface area (Å²) in [6.45, 7) is 3.38. The minimum atomic E-state index is -0.711. The van der Waals surface area contributed by atoms with E-state index in [1.54, 1.807) is 24.3 Å². The van der Waals surface area contributed by atoms with Crippen LogP contribution in [-0.2, 0) is 24.0 Å². The summed E-state index contributed by atoms with van der Waals surface area (Å²) < 4.78 is 40.7. The van der Waals surface area contributed by atoms with Crippen LogP contribution in [0.5, 0.6) is 0 Å². The van der Waals surface area contributed by atoms with E-state index >= 15 is 0 Å². The summed E-state index contributed by atoms with van der Waals surface area (Å²) in [5, 5.41) is 5.52. The molecule has 2 fully saturated rings. The van der Waals surface area contributed by atoms with Gasteiger partial charge in [-0.05, 0) is 117 Å². The summed E-state index contributed by atoms with van der Waals surface area (Å²) in [6, 6.07) is 18.2. The number of pyridine rings is 1. The Balaban J connectivity index is 0.933. The highest BCUT2D eigenvalue weighted by Gasteiger charge is 2.45. The zero-order chi connectivity index (χ0) is 38.6. The van der Waals surface area contributed by atoms with Gasteiger partial charge in [0.05, 0.1) is 22.0 Å². The van der Waals surface area contributed by atoms with E-state index in [4.69, 9.17) is 25.7 Å². The van der Waals surface area contributed by atoms with Crippen LogP contribution in [0, 0.1) is 17.0 Å². The molecule has 3 amide bonds. The monoisotopic (exact) mass is 777 g/mol. The van der Waals surface area contributed by atoms with Gasteiger partial charge in [-0.25, -0.2) is 13.8 Å². The van der Waals surface area contributed by atoms with Gasteiger partial charge in [0, 0.05) is 66.3 Å². The van der Waals surface area contributed by atoms with Crippen molar-refractivity contribution in [3.05, 3.63) is 123 Å². The molecule has 0 saturated carbocycles. The fourth-order valence-corrected chi connectivity index (χ4v) is 8.56. The van der Waals surface area contributed by atoms with E-state index in [0.717, 1.165) is 81.9 Å². The van der Waals surface area contributed by atoms with Crippen LogP contribution in [0.3, 0.4) is 0 Å². The first kappa shape index (κ1) is 36.1. The third-order valence-corrected chi connectivity index (χ3v) is 11.7. The van der Waals surface area contributed by atoms with Gasteiger partial charge in [0.25, 0.3) is 17.7 Å². The average molecular weight is 778 g/mol. The molecule has 286 valence electrons. The fourth-order valence-electron chi connectivity index (χ4n) is 8.35. The molecule has 2 aromatic heterocycles. The molecule has 0 radical (unpaired) electrons. The summed E-state index contributed by atoms with van der Waals surface area (Å²) in [4.78, 5) is 49.8. The lowest BCUT2D eigenvalue weighted by Gasteiger charge is -2.53. The quantitative estimate of drug-likeness (QED) is 0.178. The van der Waals surface area contributed by atoms with Crippen LogP contribution < -0.4 is 20.4 Å². The fraction of sp³-hybridized carbons (Fsp3) is 0.302. The zero-order valence-corrected chi connectivity index (χ0v) is 31.2. The van der Waals surface area contributed by atoms with Crippen molar-refractivity contribution in [1.82, 2.24) is 4.98 Å². The largest absolute Gasteiger partial charge is 0.451 e. The number of rotatable bonds is 6. The van der Waals surface area contributed by atoms with E-state index in [0.29, 0.717) is 33.7 Å². The first-order chi connectivity index (χ1) is 27.1. The van der Waals surface area contributed by atoms with Gasteiger partial charge >= 0.3 is 0 Å². The number of nitrogens with zero attached hydrogens (tertiary/aromatic N) is 3. The maximum Gasteiger partial charge on any atom is 0.291 e. The van der Waals surface area contributed by atoms with Gasteiger partial charge in [0.15, 0.2) is 5.76 Å². The molecule has 1 spiro atoms. The Morgan fingerprint density at radius 2 is 1.62 bits per heavy atom. The number of halogens is 3. The van der Waals surface area contributed by atoms with Gasteiger partial charge < -0.3 is 29.6 Å². The smallest absolute Gasteiger partial charge is 0.291 e. The number of fused-ring (bicyclic) bond motifs is 4. The van der Waals surface area contributed by atoms with Crippen LogP contribution in [0.1, 0.15) is 73.8 Å². The molecule has 2 saturated heterocycles. The van der Waals surface area contributed by atoms with E-state index in [1.807, 2.05) is 6.07 Å². The SMILES string of the molecule is O=C(Nc1c(F)cccc1Cl)c1cc2c(o1)-c1ccc(F)cc1N(C(=O)c1ccc(NC(=O)c3cc4c(nc3N3CC5(CCOCC5)C3)CCCC4)cc1)CC2. The van der Waals surface area contributed by atoms with Crippen LogP contribution in [0.15, 0.2) is 77.2 Å². The zero-order valence-electron chi connectivity index (χ0n) is 30.4. The van der Waals surface area contributed by atoms with Crippen LogP contribution in [-0.4, -0.2) is 55.6 Å². The summed E-state index contributed by atoms with van der Waals surface area (Å²) in [6.07, 6.45) is 6.27. The maximum atomic E-state index is 14.8. The number of benzene rings is 3. The Morgan fingerprint density at radius 1 is 0.839 bits per heavy atom. The van der Waals surface area contributed by atoms with Crippen LogP contribution in [0.2, 0.25) is 5.02 Å². The lowest BCUT2D eigenvalue weighted by atomic mass is 9.73. The maximum absolute atomic E-state index is 14.8. The average Bonchev–Trinajstić information content (AvgIpc) is 3.56. The molecule has 5 heterocycles. The molecule has 3 aromatic carbocycles. The Kier molecular flexibility index (Phi) is 9.33. The first-order valence-corrected chi connectivity index (χ1v) is 19.3. The van der Waals surface area contributed by atoms with E-state index in [-0.39, 0.29) is 52.4 Å². The highest BCUT2D eigenvalue weighted by molar-refractivity contribution is 6.34. The number of carbonyl (C=O) groups excluding carboxylic acids is 3. The Hall–Kier alpha value is -5.59. The molecule has 13 heteroatoms. The molecule has 1 aliphatic carbocycles. The highest BCUT2D eigenvalue weighted by atomic mass is 35.5. The molecule has 0 unspecified atom stereocenters. The standard InChI is InChI=1S/C43H38ClF2N5O5/c44-32-5-3-6-33(46)37(32)49-41(53)36-21-27-14-17-51(35-22-28(45)10-13-30(35)38(27)56-36)42(54)25-8-11-29(12-9-25)47-40(52)31-20-26-4-1-2-7-34(26)48-39(31)50-23-43(24-50)15-18-55-19-16-43/h3,5-6,8-13,20-22H,1-2,4,7,14-19,23-24H2,(H,47,52)(H,49,53). The molecular weight excluding hydrogens is 740 g/mol. The molecule has 3 aliphatic heterocycles. The number of amides is 3. The van der Waals surface area contributed by atoms with Crippen LogP contribution >= 0.6 is 11.6 Å².